The molecule has 0 aliphatic carbocycles. The van der Waals surface area contributed by atoms with Gasteiger partial charge in [0.15, 0.2) is 0 Å². The van der Waals surface area contributed by atoms with E-state index < -0.39 is 5.97 Å². The van der Waals surface area contributed by atoms with Crippen molar-refractivity contribution in [1.29, 1.82) is 0 Å². The zero-order chi connectivity index (χ0) is 6.99. The number of aliphatic carboxylic acids is 1. The van der Waals surface area contributed by atoms with Gasteiger partial charge in [0, 0.05) is 35.8 Å². The topological polar surface area (TPSA) is 63.3 Å². The quantitative estimate of drug-likeness (QED) is 0.497. The monoisotopic (exact) mass is 225 g/mol. The van der Waals surface area contributed by atoms with Gasteiger partial charge in [-0.1, -0.05) is 0 Å². The second-order valence-electron chi connectivity index (χ2n) is 1.16. The van der Waals surface area contributed by atoms with Gasteiger partial charge in [-0.2, -0.15) is 0 Å². The van der Waals surface area contributed by atoms with Crippen LogP contribution in [-0.4, -0.2) is 17.6 Å². The maximum Gasteiger partial charge on any atom is 0.300 e. The first-order chi connectivity index (χ1) is 3.65. The molecule has 3 N–H and O–H groups in total. The zero-order valence-corrected chi connectivity index (χ0v) is 6.84. The summed E-state index contributed by atoms with van der Waals surface area (Å²) in [6, 6.07) is 0. The summed E-state index contributed by atoms with van der Waals surface area (Å²) in [5.41, 5.74) is 4.97. The third-order valence-corrected chi connectivity index (χ3v) is 0.204. The van der Waals surface area contributed by atoms with E-state index >= 15 is 0 Å². The molecule has 0 fully saturated rings. The molecule has 0 bridgehead atoms. The number of carboxylic acid groups (broad SMARTS) is 1. The number of hydrogen-bond acceptors (Lipinski definition) is 2. The Kier molecular flexibility index (Phi) is 27.9. The molecule has 0 saturated carbocycles. The van der Waals surface area contributed by atoms with Crippen molar-refractivity contribution < 1.29 is 32.3 Å². The summed E-state index contributed by atoms with van der Waals surface area (Å²) in [4.78, 5) is 9.00. The van der Waals surface area contributed by atoms with Gasteiger partial charge in [-0.15, -0.1) is 0 Å². The molecular weight excluding hydrogens is 214 g/mol. The van der Waals surface area contributed by atoms with Gasteiger partial charge in [-0.3, -0.25) is 4.79 Å². The third-order valence-electron chi connectivity index (χ3n) is 0.204. The molecule has 0 aliphatic rings. The minimum atomic E-state index is -0.833. The average Bonchev–Trinajstić information content (AvgIpc) is 1.65. The van der Waals surface area contributed by atoms with Crippen molar-refractivity contribution in [2.24, 2.45) is 5.73 Å². The molecular formula is C5H12AgNO2+. The van der Waals surface area contributed by atoms with Gasteiger partial charge in [0.1, 0.15) is 0 Å². The molecule has 0 spiro atoms. The molecule has 0 unspecified atom stereocenters. The van der Waals surface area contributed by atoms with E-state index in [0.29, 0.717) is 6.54 Å². The Hall–Kier alpha value is 0.0403. The second kappa shape index (κ2) is 15.7. The molecule has 0 atom stereocenters. The average molecular weight is 226 g/mol. The number of carbonyl (C=O) groups is 1. The Morgan fingerprint density at radius 2 is 1.89 bits per heavy atom. The second-order valence-corrected chi connectivity index (χ2v) is 1.16. The van der Waals surface area contributed by atoms with Crippen molar-refractivity contribution in [3.8, 4) is 0 Å². The molecule has 3 nitrogen and oxygen atoms in total. The Labute approximate surface area is 71.1 Å². The van der Waals surface area contributed by atoms with Gasteiger partial charge in [0.25, 0.3) is 5.97 Å². The molecule has 0 rings (SSSR count). The van der Waals surface area contributed by atoms with Gasteiger partial charge in [0.2, 0.25) is 0 Å². The van der Waals surface area contributed by atoms with Crippen molar-refractivity contribution in [1.82, 2.24) is 0 Å². The van der Waals surface area contributed by atoms with Crippen LogP contribution < -0.4 is 5.73 Å². The fourth-order valence-electron chi connectivity index (χ4n) is 0. The van der Waals surface area contributed by atoms with Crippen LogP contribution in [0.5, 0.6) is 0 Å². The van der Waals surface area contributed by atoms with Crippen LogP contribution in [0.3, 0.4) is 0 Å². The van der Waals surface area contributed by atoms with E-state index in [9.17, 15) is 0 Å². The molecule has 1 radical (unpaired) electrons. The van der Waals surface area contributed by atoms with Crippen molar-refractivity contribution in [2.75, 3.05) is 6.54 Å². The summed E-state index contributed by atoms with van der Waals surface area (Å²) >= 11 is 0. The van der Waals surface area contributed by atoms with Gasteiger partial charge in [-0.05, 0) is 0 Å². The number of rotatable bonds is 1. The van der Waals surface area contributed by atoms with Crippen LogP contribution in [-0.2, 0) is 27.2 Å². The maximum absolute atomic E-state index is 9.00. The van der Waals surface area contributed by atoms with Gasteiger partial charge < -0.3 is 10.8 Å². The van der Waals surface area contributed by atoms with Crippen molar-refractivity contribution in [3.05, 3.63) is 6.92 Å². The number of hydrogen-bond donors (Lipinski definition) is 2. The standard InChI is InChI=1S/C3H8N.C2H4O2.Ag/c1-2-3-4;1-2(3)4;/h1-4H2;1H3,(H,3,4);/q+1;;. The molecule has 4 heteroatoms. The number of nitrogens with two attached hydrogens (primary N) is 1. The molecule has 0 heterocycles. The first-order valence-electron chi connectivity index (χ1n) is 2.34. The molecule has 9 heavy (non-hydrogen) atoms. The van der Waals surface area contributed by atoms with E-state index in [4.69, 9.17) is 15.6 Å². The van der Waals surface area contributed by atoms with Gasteiger partial charge in [0.05, 0.1) is 13.3 Å². The van der Waals surface area contributed by atoms with Crippen LogP contribution in [0.2, 0.25) is 0 Å². The molecule has 0 aromatic heterocycles. The van der Waals surface area contributed by atoms with Crippen LogP contribution >= 0.6 is 0 Å². The number of carboxylic acids is 1. The van der Waals surface area contributed by atoms with Crippen molar-refractivity contribution in [3.63, 3.8) is 0 Å². The van der Waals surface area contributed by atoms with Crippen LogP contribution in [0, 0.1) is 6.92 Å². The van der Waals surface area contributed by atoms with E-state index in [0.717, 1.165) is 13.3 Å². The normalized spacial score (nSPS) is 6.00. The zero-order valence-electron chi connectivity index (χ0n) is 5.36. The van der Waals surface area contributed by atoms with Crippen LogP contribution in [0.4, 0.5) is 0 Å². The summed E-state index contributed by atoms with van der Waals surface area (Å²) in [5.74, 6) is -0.833. The molecule has 0 aromatic carbocycles. The van der Waals surface area contributed by atoms with Gasteiger partial charge in [-0.25, -0.2) is 0 Å². The Morgan fingerprint density at radius 1 is 1.78 bits per heavy atom. The van der Waals surface area contributed by atoms with E-state index in [1.54, 1.807) is 0 Å². The minimum Gasteiger partial charge on any atom is -0.481 e. The van der Waals surface area contributed by atoms with E-state index in [1.165, 1.54) is 0 Å². The predicted molar refractivity (Wildman–Crippen MR) is 32.3 cm³/mol. The maximum atomic E-state index is 9.00. The Bertz CT molecular complexity index is 52.9. The third kappa shape index (κ3) is 271. The SMILES string of the molecule is CC(=O)O.[Ag].[CH2+]CCN. The first-order valence-corrected chi connectivity index (χ1v) is 2.34. The van der Waals surface area contributed by atoms with Crippen LogP contribution in [0.1, 0.15) is 13.3 Å². The van der Waals surface area contributed by atoms with E-state index in [2.05, 4.69) is 6.92 Å². The van der Waals surface area contributed by atoms with Gasteiger partial charge >= 0.3 is 0 Å². The predicted octanol–water partition coefficient (Wildman–Crippen LogP) is 0.258. The summed E-state index contributed by atoms with van der Waals surface area (Å²) in [6.07, 6.45) is 0.847. The Balaban J connectivity index is -0.0000000720. The van der Waals surface area contributed by atoms with E-state index in [1.807, 2.05) is 0 Å². The van der Waals surface area contributed by atoms with Crippen LogP contribution in [0.25, 0.3) is 0 Å². The van der Waals surface area contributed by atoms with E-state index in [-0.39, 0.29) is 22.4 Å². The smallest absolute Gasteiger partial charge is 0.300 e. The molecule has 0 aliphatic heterocycles. The molecule has 0 aromatic rings. The van der Waals surface area contributed by atoms with Crippen molar-refractivity contribution in [2.45, 2.75) is 13.3 Å². The summed E-state index contributed by atoms with van der Waals surface area (Å²) in [6.45, 7) is 5.27. The first kappa shape index (κ1) is 16.0. The molecule has 0 amide bonds. The van der Waals surface area contributed by atoms with Crippen LogP contribution in [0.15, 0.2) is 0 Å². The minimum absolute atomic E-state index is 0. The fraction of sp³-hybridized carbons (Fsp3) is 0.600. The molecule has 0 saturated heterocycles. The summed E-state index contributed by atoms with van der Waals surface area (Å²) in [7, 11) is 0. The largest absolute Gasteiger partial charge is 0.481 e. The molecule has 59 valence electrons. The summed E-state index contributed by atoms with van der Waals surface area (Å²) < 4.78 is 0. The Morgan fingerprint density at radius 3 is 1.89 bits per heavy atom. The summed E-state index contributed by atoms with van der Waals surface area (Å²) in [5, 5.41) is 7.42. The van der Waals surface area contributed by atoms with Crippen molar-refractivity contribution >= 4 is 5.97 Å². The fourth-order valence-corrected chi connectivity index (χ4v) is 0.